The van der Waals surface area contributed by atoms with Gasteiger partial charge in [0.1, 0.15) is 0 Å². The topological polar surface area (TPSA) is 104 Å². The van der Waals surface area contributed by atoms with Crippen molar-refractivity contribution in [3.05, 3.63) is 29.8 Å². The van der Waals surface area contributed by atoms with E-state index >= 15 is 0 Å². The van der Waals surface area contributed by atoms with Gasteiger partial charge in [-0.25, -0.2) is 0 Å². The average Bonchev–Trinajstić information content (AvgIpc) is 2.01. The Labute approximate surface area is 98.0 Å². The molecule has 1 N–H and O–H groups in total. The van der Waals surface area contributed by atoms with Gasteiger partial charge < -0.3 is 14.1 Å². The largest absolute Gasteiger partial charge is 1.00 e. The molecule has 0 saturated heterocycles. The van der Waals surface area contributed by atoms with Gasteiger partial charge in [0.15, 0.2) is 5.75 Å². The van der Waals surface area contributed by atoms with Crippen molar-refractivity contribution in [2.75, 3.05) is 0 Å². The van der Waals surface area contributed by atoms with Crippen molar-refractivity contribution in [1.82, 2.24) is 0 Å². The summed E-state index contributed by atoms with van der Waals surface area (Å²) in [5.41, 5.74) is -0.454. The third-order valence-corrected chi connectivity index (χ3v) is 1.69. The summed E-state index contributed by atoms with van der Waals surface area (Å²) in [6, 6.07) is 4.89. The van der Waals surface area contributed by atoms with E-state index < -0.39 is 27.7 Å². The molecule has 6 nitrogen and oxygen atoms in total. The summed E-state index contributed by atoms with van der Waals surface area (Å²) < 4.78 is 32.9. The second-order valence-electron chi connectivity index (χ2n) is 2.29. The van der Waals surface area contributed by atoms with E-state index in [1.807, 2.05) is 0 Å². The van der Waals surface area contributed by atoms with E-state index in [1.54, 1.807) is 0 Å². The first-order chi connectivity index (χ1) is 6.40. The third-order valence-electron chi connectivity index (χ3n) is 1.30. The van der Waals surface area contributed by atoms with Gasteiger partial charge in [-0.2, -0.15) is 8.42 Å². The Hall–Kier alpha value is -1.00. The van der Waals surface area contributed by atoms with Crippen LogP contribution in [0.2, 0.25) is 0 Å². The molecule has 0 saturated carbocycles. The molecule has 76 valence electrons. The monoisotopic (exact) mass is 224 g/mol. The fourth-order valence-electron chi connectivity index (χ4n) is 0.821. The normalized spacial score (nSPS) is 10.2. The minimum absolute atomic E-state index is 0. The molecule has 0 aliphatic heterocycles. The molecule has 0 amide bonds. The number of carbonyl (C=O) groups excluding carboxylic acids is 1. The van der Waals surface area contributed by atoms with Gasteiger partial charge in [-0.3, -0.25) is 4.55 Å². The van der Waals surface area contributed by atoms with Gasteiger partial charge in [-0.1, -0.05) is 12.1 Å². The van der Waals surface area contributed by atoms with Crippen molar-refractivity contribution in [3.63, 3.8) is 0 Å². The van der Waals surface area contributed by atoms with Crippen molar-refractivity contribution >= 4 is 16.4 Å². The number of benzene rings is 1. The van der Waals surface area contributed by atoms with Crippen LogP contribution in [-0.2, 0) is 10.4 Å². The van der Waals surface area contributed by atoms with Crippen LogP contribution in [0.1, 0.15) is 10.4 Å². The Bertz CT molecular complexity index is 454. The van der Waals surface area contributed by atoms with Crippen molar-refractivity contribution in [3.8, 4) is 5.75 Å². The SMILES string of the molecule is O=C([O-])c1ccccc1OS(=O)(=O)O.[Li+]. The predicted octanol–water partition coefficient (Wildman–Crippen LogP) is -3.76. The predicted molar refractivity (Wildman–Crippen MR) is 42.9 cm³/mol. The fraction of sp³-hybridized carbons (Fsp3) is 0. The van der Waals surface area contributed by atoms with E-state index in [0.29, 0.717) is 0 Å². The van der Waals surface area contributed by atoms with E-state index in [1.165, 1.54) is 12.1 Å². The number of carboxylic acid groups (broad SMARTS) is 1. The number of para-hydroxylation sites is 1. The van der Waals surface area contributed by atoms with Crippen LogP contribution in [0.3, 0.4) is 0 Å². The maximum absolute atomic E-state index is 10.4. The molecule has 0 bridgehead atoms. The van der Waals surface area contributed by atoms with E-state index in [0.717, 1.165) is 12.1 Å². The van der Waals surface area contributed by atoms with Crippen LogP contribution in [0.4, 0.5) is 0 Å². The molecule has 0 fully saturated rings. The van der Waals surface area contributed by atoms with E-state index in [9.17, 15) is 18.3 Å². The van der Waals surface area contributed by atoms with Gasteiger partial charge in [0.2, 0.25) is 0 Å². The number of hydrogen-bond acceptors (Lipinski definition) is 5. The Kier molecular flexibility index (Phi) is 4.84. The van der Waals surface area contributed by atoms with E-state index in [2.05, 4.69) is 4.18 Å². The summed E-state index contributed by atoms with van der Waals surface area (Å²) in [6.45, 7) is 0. The maximum atomic E-state index is 10.4. The number of aromatic carboxylic acids is 1. The zero-order valence-electron chi connectivity index (χ0n) is 7.71. The summed E-state index contributed by atoms with van der Waals surface area (Å²) in [4.78, 5) is 10.4. The summed E-state index contributed by atoms with van der Waals surface area (Å²) in [5, 5.41) is 10.4. The first kappa shape index (κ1) is 14.0. The molecular formula is C7H5LiO6S. The van der Waals surface area contributed by atoms with Gasteiger partial charge >= 0.3 is 29.3 Å². The molecule has 0 aliphatic carbocycles. The fourth-order valence-corrected chi connectivity index (χ4v) is 1.19. The third kappa shape index (κ3) is 4.36. The summed E-state index contributed by atoms with van der Waals surface area (Å²) in [7, 11) is -4.72. The number of carboxylic acids is 1. The summed E-state index contributed by atoms with van der Waals surface area (Å²) in [5.74, 6) is -2.08. The number of rotatable bonds is 3. The van der Waals surface area contributed by atoms with Crippen LogP contribution in [0.25, 0.3) is 0 Å². The molecule has 0 unspecified atom stereocenters. The van der Waals surface area contributed by atoms with Gasteiger partial charge in [0, 0.05) is 5.56 Å². The van der Waals surface area contributed by atoms with Crippen LogP contribution in [0, 0.1) is 0 Å². The minimum atomic E-state index is -4.72. The van der Waals surface area contributed by atoms with E-state index in [-0.39, 0.29) is 18.9 Å². The summed E-state index contributed by atoms with van der Waals surface area (Å²) in [6.07, 6.45) is 0. The van der Waals surface area contributed by atoms with Crippen LogP contribution in [-0.4, -0.2) is 18.9 Å². The van der Waals surface area contributed by atoms with Crippen LogP contribution >= 0.6 is 0 Å². The quantitative estimate of drug-likeness (QED) is 0.417. The van der Waals surface area contributed by atoms with Crippen molar-refractivity contribution in [2.45, 2.75) is 0 Å². The molecule has 1 aromatic carbocycles. The average molecular weight is 224 g/mol. The van der Waals surface area contributed by atoms with Gasteiger partial charge in [-0.15, -0.1) is 0 Å². The minimum Gasteiger partial charge on any atom is -0.545 e. The van der Waals surface area contributed by atoms with E-state index in [4.69, 9.17) is 4.55 Å². The Morgan fingerprint density at radius 3 is 2.33 bits per heavy atom. The molecule has 15 heavy (non-hydrogen) atoms. The molecule has 0 radical (unpaired) electrons. The molecule has 0 aromatic heterocycles. The Morgan fingerprint density at radius 1 is 1.33 bits per heavy atom. The molecule has 0 atom stereocenters. The zero-order chi connectivity index (χ0) is 10.8. The number of hydrogen-bond donors (Lipinski definition) is 1. The molecule has 0 aliphatic rings. The zero-order valence-corrected chi connectivity index (χ0v) is 8.52. The van der Waals surface area contributed by atoms with Gasteiger partial charge in [0.05, 0.1) is 5.97 Å². The van der Waals surface area contributed by atoms with Gasteiger partial charge in [0.25, 0.3) is 0 Å². The summed E-state index contributed by atoms with van der Waals surface area (Å²) >= 11 is 0. The molecule has 1 aromatic rings. The second kappa shape index (κ2) is 5.18. The molecule has 8 heteroatoms. The number of carbonyl (C=O) groups is 1. The first-order valence-electron chi connectivity index (χ1n) is 3.37. The molecular weight excluding hydrogens is 219 g/mol. The Balaban J connectivity index is 0.00000196. The van der Waals surface area contributed by atoms with Crippen LogP contribution in [0.15, 0.2) is 24.3 Å². The molecule has 1 rings (SSSR count). The van der Waals surface area contributed by atoms with Gasteiger partial charge in [-0.05, 0) is 12.1 Å². The second-order valence-corrected chi connectivity index (χ2v) is 3.32. The molecule has 0 heterocycles. The van der Waals surface area contributed by atoms with Crippen molar-refractivity contribution < 1.29 is 45.9 Å². The standard InChI is InChI=1S/C7H6O6S.Li/c8-7(9)5-3-1-2-4-6(5)13-14(10,11)12;/h1-4H,(H,8,9)(H,10,11,12);/q;+1/p-1. The van der Waals surface area contributed by atoms with Crippen molar-refractivity contribution in [2.24, 2.45) is 0 Å². The first-order valence-corrected chi connectivity index (χ1v) is 4.74. The van der Waals surface area contributed by atoms with Crippen molar-refractivity contribution in [1.29, 1.82) is 0 Å². The Morgan fingerprint density at radius 2 is 1.87 bits per heavy atom. The van der Waals surface area contributed by atoms with Crippen LogP contribution < -0.4 is 28.2 Å². The maximum Gasteiger partial charge on any atom is 1.00 e. The molecule has 0 spiro atoms. The van der Waals surface area contributed by atoms with Crippen LogP contribution in [0.5, 0.6) is 5.75 Å². The smallest absolute Gasteiger partial charge is 0.545 e.